The lowest BCUT2D eigenvalue weighted by atomic mass is 9.83. The molecule has 4 heteroatoms. The van der Waals surface area contributed by atoms with E-state index in [1.54, 1.807) is 0 Å². The minimum atomic E-state index is 0. The summed E-state index contributed by atoms with van der Waals surface area (Å²) in [6.07, 6.45) is 7.21. The number of likely N-dealkylation sites (tertiary alicyclic amines) is 1. The highest BCUT2D eigenvalue weighted by molar-refractivity contribution is 5.85. The summed E-state index contributed by atoms with van der Waals surface area (Å²) in [6, 6.07) is 0.141. The van der Waals surface area contributed by atoms with Gasteiger partial charge >= 0.3 is 0 Å². The molecule has 0 aromatic carbocycles. The Kier molecular flexibility index (Phi) is 4.70. The highest BCUT2D eigenvalue weighted by atomic mass is 35.5. The first-order valence-corrected chi connectivity index (χ1v) is 8.02. The summed E-state index contributed by atoms with van der Waals surface area (Å²) in [5, 5.41) is 0. The molecule has 1 aliphatic heterocycles. The highest BCUT2D eigenvalue weighted by Crippen LogP contribution is 2.48. The Labute approximate surface area is 129 Å². The van der Waals surface area contributed by atoms with Crippen LogP contribution in [0.2, 0.25) is 0 Å². The fourth-order valence-corrected chi connectivity index (χ4v) is 4.56. The van der Waals surface area contributed by atoms with Crippen LogP contribution in [0.4, 0.5) is 0 Å². The van der Waals surface area contributed by atoms with E-state index < -0.39 is 0 Å². The first-order chi connectivity index (χ1) is 8.98. The predicted octanol–water partition coefficient (Wildman–Crippen LogP) is 2.82. The molecule has 3 fully saturated rings. The van der Waals surface area contributed by atoms with E-state index in [1.165, 1.54) is 25.7 Å². The van der Waals surface area contributed by atoms with Crippen molar-refractivity contribution in [2.24, 2.45) is 28.9 Å². The number of halogens is 1. The zero-order chi connectivity index (χ0) is 13.6. The average molecular weight is 301 g/mol. The zero-order valence-electron chi connectivity index (χ0n) is 12.8. The Balaban J connectivity index is 0.00000147. The fourth-order valence-electron chi connectivity index (χ4n) is 4.56. The van der Waals surface area contributed by atoms with E-state index in [-0.39, 0.29) is 24.4 Å². The number of hydrogen-bond donors (Lipinski definition) is 1. The van der Waals surface area contributed by atoms with Gasteiger partial charge in [0.2, 0.25) is 5.91 Å². The molecular weight excluding hydrogens is 272 g/mol. The van der Waals surface area contributed by atoms with E-state index in [4.69, 9.17) is 5.73 Å². The predicted molar refractivity (Wildman–Crippen MR) is 83.8 cm³/mol. The molecule has 4 atom stereocenters. The van der Waals surface area contributed by atoms with Gasteiger partial charge in [0.05, 0.1) is 5.92 Å². The second-order valence-electron chi connectivity index (χ2n) is 7.78. The van der Waals surface area contributed by atoms with Gasteiger partial charge in [-0.2, -0.15) is 0 Å². The van der Waals surface area contributed by atoms with Crippen LogP contribution >= 0.6 is 12.4 Å². The summed E-state index contributed by atoms with van der Waals surface area (Å²) in [4.78, 5) is 14.9. The molecule has 1 heterocycles. The minimum absolute atomic E-state index is 0. The number of nitrogens with zero attached hydrogens (tertiary/aromatic N) is 1. The Morgan fingerprint density at radius 2 is 1.85 bits per heavy atom. The lowest BCUT2D eigenvalue weighted by Crippen LogP contribution is -2.47. The first kappa shape index (κ1) is 16.1. The molecule has 116 valence electrons. The first-order valence-electron chi connectivity index (χ1n) is 8.02. The van der Waals surface area contributed by atoms with Gasteiger partial charge in [-0.1, -0.05) is 13.8 Å². The lowest BCUT2D eigenvalue weighted by Gasteiger charge is -2.32. The average Bonchev–Trinajstić information content (AvgIpc) is 2.88. The molecule has 2 bridgehead atoms. The number of rotatable bonds is 1. The number of fused-ring (bicyclic) bond motifs is 2. The molecule has 0 aromatic rings. The SMILES string of the molecule is CC1(C)CCCN(C(=O)C2C3CCC(C3)C2N)CC1.Cl. The maximum absolute atomic E-state index is 12.8. The van der Waals surface area contributed by atoms with Crippen molar-refractivity contribution >= 4 is 18.3 Å². The molecule has 1 amide bonds. The third kappa shape index (κ3) is 2.85. The van der Waals surface area contributed by atoms with Crippen molar-refractivity contribution in [3.8, 4) is 0 Å². The van der Waals surface area contributed by atoms with Gasteiger partial charge in [-0.05, 0) is 55.8 Å². The van der Waals surface area contributed by atoms with Crippen molar-refractivity contribution in [2.75, 3.05) is 13.1 Å². The van der Waals surface area contributed by atoms with Crippen LogP contribution in [0.15, 0.2) is 0 Å². The molecule has 20 heavy (non-hydrogen) atoms. The molecule has 3 nitrogen and oxygen atoms in total. The summed E-state index contributed by atoms with van der Waals surface area (Å²) >= 11 is 0. The molecule has 3 aliphatic rings. The number of nitrogens with two attached hydrogens (primary N) is 1. The molecule has 0 aromatic heterocycles. The van der Waals surface area contributed by atoms with Crippen LogP contribution in [-0.4, -0.2) is 29.9 Å². The van der Waals surface area contributed by atoms with E-state index in [1.807, 2.05) is 0 Å². The third-order valence-electron chi connectivity index (χ3n) is 5.92. The van der Waals surface area contributed by atoms with Crippen LogP contribution in [0.1, 0.15) is 52.4 Å². The van der Waals surface area contributed by atoms with E-state index in [0.29, 0.717) is 23.2 Å². The summed E-state index contributed by atoms with van der Waals surface area (Å²) in [6.45, 7) is 6.53. The maximum Gasteiger partial charge on any atom is 0.227 e. The third-order valence-corrected chi connectivity index (χ3v) is 5.92. The summed E-state index contributed by atoms with van der Waals surface area (Å²) in [5.74, 6) is 1.73. The van der Waals surface area contributed by atoms with Gasteiger partial charge in [0, 0.05) is 19.1 Å². The van der Waals surface area contributed by atoms with Crippen LogP contribution in [0.5, 0.6) is 0 Å². The molecule has 2 aliphatic carbocycles. The fraction of sp³-hybridized carbons (Fsp3) is 0.938. The number of carbonyl (C=O) groups is 1. The topological polar surface area (TPSA) is 46.3 Å². The normalized spacial score (nSPS) is 39.2. The van der Waals surface area contributed by atoms with Crippen molar-refractivity contribution in [1.82, 2.24) is 4.90 Å². The monoisotopic (exact) mass is 300 g/mol. The van der Waals surface area contributed by atoms with Crippen LogP contribution in [0, 0.1) is 23.2 Å². The van der Waals surface area contributed by atoms with Gasteiger partial charge in [-0.25, -0.2) is 0 Å². The van der Waals surface area contributed by atoms with Gasteiger partial charge in [0.1, 0.15) is 0 Å². The van der Waals surface area contributed by atoms with Crippen molar-refractivity contribution in [1.29, 1.82) is 0 Å². The van der Waals surface area contributed by atoms with Crippen molar-refractivity contribution in [3.63, 3.8) is 0 Å². The molecule has 1 saturated heterocycles. The molecule has 3 rings (SSSR count). The van der Waals surface area contributed by atoms with E-state index in [9.17, 15) is 4.79 Å². The summed E-state index contributed by atoms with van der Waals surface area (Å²) in [7, 11) is 0. The van der Waals surface area contributed by atoms with Crippen molar-refractivity contribution in [3.05, 3.63) is 0 Å². The van der Waals surface area contributed by atoms with Crippen LogP contribution in [-0.2, 0) is 4.79 Å². The van der Waals surface area contributed by atoms with E-state index in [2.05, 4.69) is 18.7 Å². The van der Waals surface area contributed by atoms with Gasteiger partial charge in [-0.3, -0.25) is 4.79 Å². The second-order valence-corrected chi connectivity index (χ2v) is 7.78. The van der Waals surface area contributed by atoms with Crippen LogP contribution < -0.4 is 5.73 Å². The largest absolute Gasteiger partial charge is 0.342 e. The Morgan fingerprint density at radius 1 is 1.15 bits per heavy atom. The zero-order valence-corrected chi connectivity index (χ0v) is 13.6. The Bertz CT molecular complexity index is 369. The van der Waals surface area contributed by atoms with Crippen molar-refractivity contribution < 1.29 is 4.79 Å². The van der Waals surface area contributed by atoms with Gasteiger partial charge in [0.25, 0.3) is 0 Å². The van der Waals surface area contributed by atoms with Gasteiger partial charge in [-0.15, -0.1) is 12.4 Å². The number of carbonyl (C=O) groups excluding carboxylic acids is 1. The minimum Gasteiger partial charge on any atom is -0.342 e. The van der Waals surface area contributed by atoms with Crippen LogP contribution in [0.3, 0.4) is 0 Å². The number of hydrogen-bond acceptors (Lipinski definition) is 2. The Morgan fingerprint density at radius 3 is 2.50 bits per heavy atom. The smallest absolute Gasteiger partial charge is 0.227 e. The summed E-state index contributed by atoms with van der Waals surface area (Å²) < 4.78 is 0. The molecule has 2 N–H and O–H groups in total. The standard InChI is InChI=1S/C16H28N2O.ClH/c1-16(2)6-3-8-18(9-7-16)15(19)13-11-4-5-12(10-11)14(13)17;/h11-14H,3-10,17H2,1-2H3;1H. The molecule has 0 radical (unpaired) electrons. The molecule has 0 spiro atoms. The van der Waals surface area contributed by atoms with Crippen LogP contribution in [0.25, 0.3) is 0 Å². The highest BCUT2D eigenvalue weighted by Gasteiger charge is 2.50. The van der Waals surface area contributed by atoms with E-state index in [0.717, 1.165) is 25.9 Å². The molecule has 4 unspecified atom stereocenters. The summed E-state index contributed by atoms with van der Waals surface area (Å²) in [5.41, 5.74) is 6.71. The molecular formula is C16H29ClN2O. The quantitative estimate of drug-likeness (QED) is 0.809. The van der Waals surface area contributed by atoms with Gasteiger partial charge in [0.15, 0.2) is 0 Å². The van der Waals surface area contributed by atoms with E-state index >= 15 is 0 Å². The van der Waals surface area contributed by atoms with Crippen molar-refractivity contribution in [2.45, 2.75) is 58.4 Å². The number of amides is 1. The second kappa shape index (κ2) is 5.84. The maximum atomic E-state index is 12.8. The molecule has 2 saturated carbocycles. The lowest BCUT2D eigenvalue weighted by molar-refractivity contribution is -0.137. The Hall–Kier alpha value is -0.280. The van der Waals surface area contributed by atoms with Gasteiger partial charge < -0.3 is 10.6 Å².